The van der Waals surface area contributed by atoms with Crippen molar-refractivity contribution in [3.8, 4) is 5.75 Å². The lowest BCUT2D eigenvalue weighted by Crippen LogP contribution is -2.18. The van der Waals surface area contributed by atoms with Crippen molar-refractivity contribution in [3.05, 3.63) is 75.6 Å². The number of thiophene rings is 1. The van der Waals surface area contributed by atoms with Gasteiger partial charge in [-0.3, -0.25) is 4.72 Å². The number of anilines is 1. The molecule has 0 fully saturated rings. The number of benzene rings is 2. The van der Waals surface area contributed by atoms with E-state index in [1.807, 2.05) is 6.07 Å². The third-order valence-corrected chi connectivity index (χ3v) is 6.95. The Morgan fingerprint density at radius 1 is 1.21 bits per heavy atom. The maximum absolute atomic E-state index is 12.2. The Morgan fingerprint density at radius 2 is 1.97 bits per heavy atom. The van der Waals surface area contributed by atoms with Crippen molar-refractivity contribution in [3.63, 3.8) is 0 Å². The molecular weight excluding hydrogens is 478 g/mol. The number of methoxy groups -OCH3 is 1. The molecule has 0 bridgehead atoms. The molecule has 150 valence electrons. The van der Waals surface area contributed by atoms with Crippen LogP contribution >= 0.6 is 27.3 Å². The second kappa shape index (κ2) is 9.21. The predicted molar refractivity (Wildman–Crippen MR) is 116 cm³/mol. The number of hydrogen-bond donors (Lipinski definition) is 1. The Balaban J connectivity index is 1.72. The van der Waals surface area contributed by atoms with E-state index in [9.17, 15) is 13.5 Å². The van der Waals surface area contributed by atoms with Crippen molar-refractivity contribution in [2.24, 2.45) is 10.2 Å². The van der Waals surface area contributed by atoms with E-state index in [2.05, 4.69) is 30.9 Å². The van der Waals surface area contributed by atoms with E-state index in [0.29, 0.717) is 17.0 Å². The van der Waals surface area contributed by atoms with Crippen LogP contribution in [0, 0.1) is 0 Å². The summed E-state index contributed by atoms with van der Waals surface area (Å²) in [5.74, 6) is 0.0462. The molecular formula is C19H15BrN3O4S2-. The van der Waals surface area contributed by atoms with E-state index in [0.717, 1.165) is 15.8 Å². The average Bonchev–Trinajstić information content (AvgIpc) is 3.24. The summed E-state index contributed by atoms with van der Waals surface area (Å²) in [6, 6.07) is 14.5. The van der Waals surface area contributed by atoms with Gasteiger partial charge >= 0.3 is 0 Å². The second-order valence-electron chi connectivity index (χ2n) is 5.65. The first-order valence-electron chi connectivity index (χ1n) is 8.17. The molecule has 0 spiro atoms. The number of hydrogen-bond acceptors (Lipinski definition) is 7. The third kappa shape index (κ3) is 5.43. The highest BCUT2D eigenvalue weighted by atomic mass is 79.9. The Morgan fingerprint density at radius 3 is 2.62 bits per heavy atom. The highest BCUT2D eigenvalue weighted by molar-refractivity contribution is 9.10. The molecule has 0 radical (unpaired) electrons. The molecule has 0 aliphatic carbocycles. The molecule has 0 saturated heterocycles. The lowest BCUT2D eigenvalue weighted by Gasteiger charge is -2.10. The van der Waals surface area contributed by atoms with E-state index in [4.69, 9.17) is 4.74 Å². The molecule has 1 N–H and O–H groups in total. The van der Waals surface area contributed by atoms with Gasteiger partial charge in [0.1, 0.15) is 9.96 Å². The summed E-state index contributed by atoms with van der Waals surface area (Å²) in [5, 5.41) is 21.3. The first-order valence-corrected chi connectivity index (χ1v) is 11.3. The molecule has 3 aromatic rings. The fourth-order valence-electron chi connectivity index (χ4n) is 2.31. The van der Waals surface area contributed by atoms with Gasteiger partial charge < -0.3 is 9.84 Å². The maximum Gasteiger partial charge on any atom is 0.271 e. The summed E-state index contributed by atoms with van der Waals surface area (Å²) in [7, 11) is -2.10. The molecule has 0 aliphatic heterocycles. The molecule has 3 rings (SSSR count). The lowest BCUT2D eigenvalue weighted by atomic mass is 10.2. The number of rotatable bonds is 7. The largest absolute Gasteiger partial charge is 0.857 e. The first kappa shape index (κ1) is 21.0. The van der Waals surface area contributed by atoms with E-state index < -0.39 is 15.9 Å². The lowest BCUT2D eigenvalue weighted by molar-refractivity contribution is -0.213. The Labute approximate surface area is 180 Å². The van der Waals surface area contributed by atoms with Crippen molar-refractivity contribution in [2.45, 2.75) is 4.21 Å². The van der Waals surface area contributed by atoms with E-state index in [1.54, 1.807) is 23.6 Å². The van der Waals surface area contributed by atoms with Crippen LogP contribution in [0.3, 0.4) is 0 Å². The van der Waals surface area contributed by atoms with Gasteiger partial charge in [-0.1, -0.05) is 34.1 Å². The molecule has 10 heteroatoms. The summed E-state index contributed by atoms with van der Waals surface area (Å²) in [6.45, 7) is 0. The number of ether oxygens (including phenoxy) is 1. The van der Waals surface area contributed by atoms with Crippen LogP contribution in [0.2, 0.25) is 0 Å². The van der Waals surface area contributed by atoms with E-state index in [-0.39, 0.29) is 9.77 Å². The summed E-state index contributed by atoms with van der Waals surface area (Å²) in [4.78, 5) is 0. The van der Waals surface area contributed by atoms with Gasteiger partial charge in [0.15, 0.2) is 0 Å². The van der Waals surface area contributed by atoms with Gasteiger partial charge in [-0.15, -0.1) is 11.3 Å². The van der Waals surface area contributed by atoms with E-state index in [1.165, 1.54) is 43.7 Å². The van der Waals surface area contributed by atoms with Gasteiger partial charge in [-0.05, 0) is 47.3 Å². The SMILES string of the molecule is COc1ccc(Br)cc1/C=N\N=C([O-])c1ccc(NS(=O)(=O)c2cccs2)cc1. The molecule has 7 nitrogen and oxygen atoms in total. The van der Waals surface area contributed by atoms with Crippen LogP contribution < -0.4 is 14.6 Å². The van der Waals surface area contributed by atoms with Crippen LogP contribution in [0.5, 0.6) is 5.75 Å². The fourth-order valence-corrected chi connectivity index (χ4v) is 4.74. The zero-order chi connectivity index (χ0) is 20.9. The zero-order valence-electron chi connectivity index (χ0n) is 15.1. The van der Waals surface area contributed by atoms with Crippen LogP contribution in [-0.4, -0.2) is 27.6 Å². The number of nitrogens with one attached hydrogen (secondary N) is 1. The molecule has 0 amide bonds. The quantitative estimate of drug-likeness (QED) is 0.309. The molecule has 1 aromatic heterocycles. The molecule has 0 unspecified atom stereocenters. The van der Waals surface area contributed by atoms with Crippen molar-refractivity contribution in [1.82, 2.24) is 0 Å². The molecule has 0 aliphatic rings. The van der Waals surface area contributed by atoms with Crippen molar-refractivity contribution in [2.75, 3.05) is 11.8 Å². The maximum atomic E-state index is 12.2. The minimum absolute atomic E-state index is 0.213. The number of sulfonamides is 1. The molecule has 29 heavy (non-hydrogen) atoms. The van der Waals surface area contributed by atoms with Gasteiger partial charge in [0, 0.05) is 21.6 Å². The third-order valence-electron chi connectivity index (χ3n) is 3.68. The van der Waals surface area contributed by atoms with Gasteiger partial charge in [0.25, 0.3) is 10.0 Å². The fraction of sp³-hybridized carbons (Fsp3) is 0.0526. The van der Waals surface area contributed by atoms with Gasteiger partial charge in [0.05, 0.1) is 13.3 Å². The summed E-state index contributed by atoms with van der Waals surface area (Å²) in [6.07, 6.45) is 1.42. The second-order valence-corrected chi connectivity index (χ2v) is 9.42. The van der Waals surface area contributed by atoms with Gasteiger partial charge in [-0.2, -0.15) is 10.2 Å². The Hall–Kier alpha value is -2.69. The summed E-state index contributed by atoms with van der Waals surface area (Å²) in [5.41, 5.74) is 1.29. The Kier molecular flexibility index (Phi) is 6.68. The minimum atomic E-state index is -3.64. The monoisotopic (exact) mass is 492 g/mol. The standard InChI is InChI=1S/C19H16BrN3O4S2/c1-27-17-9-6-15(20)11-14(17)12-21-22-19(24)13-4-7-16(8-5-13)23-29(25,26)18-3-2-10-28-18/h2-12,23H,1H3,(H,22,24)/p-1/b21-12-. The smallest absolute Gasteiger partial charge is 0.271 e. The topological polar surface area (TPSA) is 103 Å². The number of nitrogens with zero attached hydrogens (tertiary/aromatic N) is 2. The summed E-state index contributed by atoms with van der Waals surface area (Å²) >= 11 is 4.48. The van der Waals surface area contributed by atoms with Gasteiger partial charge in [-0.25, -0.2) is 8.42 Å². The highest BCUT2D eigenvalue weighted by Crippen LogP contribution is 2.22. The zero-order valence-corrected chi connectivity index (χ0v) is 18.3. The van der Waals surface area contributed by atoms with Crippen LogP contribution in [0.15, 0.2) is 78.9 Å². The summed E-state index contributed by atoms with van der Waals surface area (Å²) < 4.78 is 33.2. The van der Waals surface area contributed by atoms with Crippen molar-refractivity contribution in [1.29, 1.82) is 0 Å². The first-order chi connectivity index (χ1) is 13.9. The molecule has 1 heterocycles. The molecule has 0 atom stereocenters. The van der Waals surface area contributed by atoms with Crippen LogP contribution in [0.25, 0.3) is 0 Å². The van der Waals surface area contributed by atoms with Crippen LogP contribution in [0.1, 0.15) is 11.1 Å². The molecule has 0 saturated carbocycles. The Bertz CT molecular complexity index is 1140. The average molecular weight is 493 g/mol. The normalized spacial score (nSPS) is 12.3. The van der Waals surface area contributed by atoms with Gasteiger partial charge in [0.2, 0.25) is 0 Å². The van der Waals surface area contributed by atoms with Crippen LogP contribution in [-0.2, 0) is 10.0 Å². The van der Waals surface area contributed by atoms with Crippen molar-refractivity contribution >= 4 is 55.1 Å². The number of halogens is 1. The van der Waals surface area contributed by atoms with E-state index >= 15 is 0 Å². The van der Waals surface area contributed by atoms with Crippen LogP contribution in [0.4, 0.5) is 5.69 Å². The molecule has 2 aromatic carbocycles. The highest BCUT2D eigenvalue weighted by Gasteiger charge is 2.14. The minimum Gasteiger partial charge on any atom is -0.857 e. The predicted octanol–water partition coefficient (Wildman–Crippen LogP) is 3.46. The van der Waals surface area contributed by atoms with Crippen molar-refractivity contribution < 1.29 is 18.3 Å².